The van der Waals surface area contributed by atoms with Crippen molar-refractivity contribution >= 4 is 23.6 Å². The lowest BCUT2D eigenvalue weighted by molar-refractivity contribution is -0.0370. The van der Waals surface area contributed by atoms with Crippen LogP contribution in [0.5, 0.6) is 5.75 Å². The van der Waals surface area contributed by atoms with Crippen molar-refractivity contribution in [1.29, 1.82) is 0 Å². The number of thioether (sulfide) groups is 1. The average Bonchev–Trinajstić information content (AvgIpc) is 3.35. The molecule has 2 atom stereocenters. The first-order valence-corrected chi connectivity index (χ1v) is 13.0. The Morgan fingerprint density at radius 3 is 2.56 bits per heavy atom. The minimum absolute atomic E-state index is 0.0809. The van der Waals surface area contributed by atoms with E-state index in [0.29, 0.717) is 53.5 Å². The molecule has 1 N–H and O–H groups in total. The summed E-state index contributed by atoms with van der Waals surface area (Å²) < 4.78 is 5.99. The number of hydrogen-bond acceptors (Lipinski definition) is 6. The molecule has 2 aliphatic heterocycles. The molecule has 0 radical (unpaired) electrons. The van der Waals surface area contributed by atoms with Crippen molar-refractivity contribution in [2.45, 2.75) is 36.8 Å². The number of nitrogens with zero attached hydrogens (tertiary/aromatic N) is 3. The van der Waals surface area contributed by atoms with Crippen LogP contribution < -0.4 is 0 Å². The lowest BCUT2D eigenvalue weighted by atomic mass is 10.0. The Morgan fingerprint density at radius 1 is 1.06 bits per heavy atom. The van der Waals surface area contributed by atoms with Crippen LogP contribution in [-0.4, -0.2) is 70.1 Å². The second kappa shape index (κ2) is 10.3. The first-order valence-electron chi connectivity index (χ1n) is 12.1. The SMILES string of the molecule is Cc1cc(C(=O)N2C[C@H]3OCCN(C(=O)c4cccnc4SCc4ccccc4)[C@H]3C2)cc(C)c1O. The van der Waals surface area contributed by atoms with Crippen LogP contribution in [0.15, 0.2) is 65.8 Å². The molecule has 2 saturated heterocycles. The molecule has 1 aromatic heterocycles. The molecule has 3 heterocycles. The van der Waals surface area contributed by atoms with Crippen LogP contribution in [0.1, 0.15) is 37.4 Å². The quantitative estimate of drug-likeness (QED) is 0.529. The van der Waals surface area contributed by atoms with Crippen LogP contribution >= 0.6 is 11.8 Å². The van der Waals surface area contributed by atoms with Gasteiger partial charge in [0.25, 0.3) is 11.8 Å². The Labute approximate surface area is 215 Å². The van der Waals surface area contributed by atoms with Crippen LogP contribution in [0.4, 0.5) is 0 Å². The van der Waals surface area contributed by atoms with Crippen molar-refractivity contribution in [3.63, 3.8) is 0 Å². The maximum absolute atomic E-state index is 13.7. The van der Waals surface area contributed by atoms with E-state index >= 15 is 0 Å². The number of likely N-dealkylation sites (tertiary alicyclic amines) is 1. The fraction of sp³-hybridized carbons (Fsp3) is 0.321. The van der Waals surface area contributed by atoms with E-state index in [1.807, 2.05) is 29.2 Å². The summed E-state index contributed by atoms with van der Waals surface area (Å²) in [4.78, 5) is 35.1. The Morgan fingerprint density at radius 2 is 1.81 bits per heavy atom. The number of amides is 2. The summed E-state index contributed by atoms with van der Waals surface area (Å²) in [6.45, 7) is 5.30. The molecule has 0 aliphatic carbocycles. The van der Waals surface area contributed by atoms with Crippen LogP contribution in [0, 0.1) is 13.8 Å². The fourth-order valence-electron chi connectivity index (χ4n) is 4.92. The number of aromatic hydroxyl groups is 1. The number of fused-ring (bicyclic) bond motifs is 1. The van der Waals surface area contributed by atoms with Gasteiger partial charge in [-0.15, -0.1) is 11.8 Å². The van der Waals surface area contributed by atoms with Gasteiger partial charge in [0.1, 0.15) is 10.8 Å². The molecule has 0 bridgehead atoms. The van der Waals surface area contributed by atoms with Crippen LogP contribution in [0.3, 0.4) is 0 Å². The highest BCUT2D eigenvalue weighted by atomic mass is 32.2. The number of morpholine rings is 1. The third-order valence-corrected chi connectivity index (χ3v) is 7.88. The van der Waals surface area contributed by atoms with Gasteiger partial charge in [-0.2, -0.15) is 0 Å². The van der Waals surface area contributed by atoms with Crippen molar-refractivity contribution in [3.05, 3.63) is 88.6 Å². The fourth-order valence-corrected chi connectivity index (χ4v) is 5.86. The maximum atomic E-state index is 13.7. The Hall–Kier alpha value is -3.36. The number of aromatic nitrogens is 1. The molecule has 0 unspecified atom stereocenters. The summed E-state index contributed by atoms with van der Waals surface area (Å²) in [6, 6.07) is 16.9. The second-order valence-electron chi connectivity index (χ2n) is 9.27. The van der Waals surface area contributed by atoms with Crippen molar-refractivity contribution in [2.75, 3.05) is 26.2 Å². The number of pyridine rings is 1. The Kier molecular flexibility index (Phi) is 6.98. The maximum Gasteiger partial charge on any atom is 0.257 e. The lowest BCUT2D eigenvalue weighted by Crippen LogP contribution is -2.53. The Bertz CT molecular complexity index is 1260. The zero-order valence-corrected chi connectivity index (χ0v) is 21.2. The highest BCUT2D eigenvalue weighted by molar-refractivity contribution is 7.98. The average molecular weight is 504 g/mol. The van der Waals surface area contributed by atoms with E-state index in [4.69, 9.17) is 4.74 Å². The van der Waals surface area contributed by atoms with Crippen LogP contribution in [-0.2, 0) is 10.5 Å². The molecule has 186 valence electrons. The van der Waals surface area contributed by atoms with Gasteiger partial charge >= 0.3 is 0 Å². The predicted molar refractivity (Wildman–Crippen MR) is 138 cm³/mol. The largest absolute Gasteiger partial charge is 0.507 e. The van der Waals surface area contributed by atoms with Gasteiger partial charge in [-0.1, -0.05) is 30.3 Å². The number of aryl methyl sites for hydroxylation is 2. The topological polar surface area (TPSA) is 83.0 Å². The van der Waals surface area contributed by atoms with Crippen molar-refractivity contribution in [3.8, 4) is 5.75 Å². The molecule has 3 aromatic rings. The zero-order valence-electron chi connectivity index (χ0n) is 20.4. The van der Waals surface area contributed by atoms with Gasteiger partial charge in [0.2, 0.25) is 0 Å². The van der Waals surface area contributed by atoms with E-state index in [1.54, 1.807) is 54.9 Å². The number of benzene rings is 2. The molecule has 36 heavy (non-hydrogen) atoms. The molecular weight excluding hydrogens is 474 g/mol. The van der Waals surface area contributed by atoms with Crippen molar-refractivity contribution in [1.82, 2.24) is 14.8 Å². The molecule has 5 rings (SSSR count). The first kappa shape index (κ1) is 24.3. The lowest BCUT2D eigenvalue weighted by Gasteiger charge is -2.36. The smallest absolute Gasteiger partial charge is 0.257 e. The molecule has 2 fully saturated rings. The number of rotatable bonds is 5. The van der Waals surface area contributed by atoms with Crippen LogP contribution in [0.25, 0.3) is 0 Å². The summed E-state index contributed by atoms with van der Waals surface area (Å²) in [5, 5.41) is 10.8. The minimum atomic E-state index is -0.233. The summed E-state index contributed by atoms with van der Waals surface area (Å²) in [5.41, 5.74) is 3.61. The van der Waals surface area contributed by atoms with E-state index in [0.717, 1.165) is 5.75 Å². The molecule has 7 nitrogen and oxygen atoms in total. The standard InChI is InChI=1S/C28H29N3O4S/c1-18-13-21(14-19(2)25(18)32)27(33)30-15-23-24(16-30)35-12-11-31(23)28(34)22-9-6-10-29-26(22)36-17-20-7-4-3-5-8-20/h3-10,13-14,23-24,32H,11-12,15-17H2,1-2H3/t23-,24+/m0/s1. The number of ether oxygens (including phenoxy) is 1. The number of hydrogen-bond donors (Lipinski definition) is 1. The third-order valence-electron chi connectivity index (χ3n) is 6.81. The monoisotopic (exact) mass is 503 g/mol. The van der Waals surface area contributed by atoms with Crippen molar-refractivity contribution in [2.24, 2.45) is 0 Å². The van der Waals surface area contributed by atoms with Gasteiger partial charge in [-0.25, -0.2) is 4.98 Å². The van der Waals surface area contributed by atoms with E-state index < -0.39 is 0 Å². The highest BCUT2D eigenvalue weighted by Gasteiger charge is 2.44. The normalized spacial score (nSPS) is 19.3. The molecule has 0 spiro atoms. The molecule has 8 heteroatoms. The summed E-state index contributed by atoms with van der Waals surface area (Å²) in [7, 11) is 0. The minimum Gasteiger partial charge on any atom is -0.507 e. The molecule has 2 amide bonds. The summed E-state index contributed by atoms with van der Waals surface area (Å²) in [5.74, 6) is 0.731. The van der Waals surface area contributed by atoms with Gasteiger partial charge in [-0.05, 0) is 54.8 Å². The number of phenols is 1. The predicted octanol–water partition coefficient (Wildman–Crippen LogP) is 4.06. The molecular formula is C28H29N3O4S. The molecule has 0 saturated carbocycles. The zero-order chi connectivity index (χ0) is 25.2. The van der Waals surface area contributed by atoms with Gasteiger partial charge in [0.15, 0.2) is 0 Å². The van der Waals surface area contributed by atoms with Gasteiger partial charge in [-0.3, -0.25) is 9.59 Å². The molecule has 2 aromatic carbocycles. The van der Waals surface area contributed by atoms with Crippen molar-refractivity contribution < 1.29 is 19.4 Å². The number of phenolic OH excluding ortho intramolecular Hbond substituents is 1. The highest BCUT2D eigenvalue weighted by Crippen LogP contribution is 2.30. The van der Waals surface area contributed by atoms with Gasteiger partial charge in [0, 0.05) is 37.1 Å². The summed E-state index contributed by atoms with van der Waals surface area (Å²) >= 11 is 1.55. The Balaban J connectivity index is 1.33. The van der Waals surface area contributed by atoms with Gasteiger partial charge in [0.05, 0.1) is 24.3 Å². The second-order valence-corrected chi connectivity index (χ2v) is 10.2. The van der Waals surface area contributed by atoms with E-state index in [2.05, 4.69) is 17.1 Å². The van der Waals surface area contributed by atoms with Gasteiger partial charge < -0.3 is 19.6 Å². The van der Waals surface area contributed by atoms with E-state index in [-0.39, 0.29) is 29.7 Å². The van der Waals surface area contributed by atoms with E-state index in [9.17, 15) is 14.7 Å². The first-order chi connectivity index (χ1) is 17.4. The van der Waals surface area contributed by atoms with Crippen LogP contribution in [0.2, 0.25) is 0 Å². The summed E-state index contributed by atoms with van der Waals surface area (Å²) in [6.07, 6.45) is 1.48. The third kappa shape index (κ3) is 4.83. The van der Waals surface area contributed by atoms with E-state index in [1.165, 1.54) is 5.56 Å². The molecule has 2 aliphatic rings. The number of carbonyl (C=O) groups excluding carboxylic acids is 2. The number of carbonyl (C=O) groups is 2.